The summed E-state index contributed by atoms with van der Waals surface area (Å²) in [6, 6.07) is 8.34. The topological polar surface area (TPSA) is 54.0 Å². The molecule has 0 spiro atoms. The Morgan fingerprint density at radius 2 is 2.26 bits per heavy atom. The molecule has 0 amide bonds. The van der Waals surface area contributed by atoms with Gasteiger partial charge in [-0.3, -0.25) is 4.40 Å². The lowest BCUT2D eigenvalue weighted by Crippen LogP contribution is -2.25. The average Bonchev–Trinajstić information content (AvgIpc) is 2.83. The summed E-state index contributed by atoms with van der Waals surface area (Å²) in [4.78, 5) is 0. The molecule has 3 atom stereocenters. The van der Waals surface area contributed by atoms with E-state index in [-0.39, 0.29) is 5.92 Å². The van der Waals surface area contributed by atoms with Gasteiger partial charge >= 0.3 is 0 Å². The van der Waals surface area contributed by atoms with Crippen LogP contribution in [0, 0.1) is 23.2 Å². The van der Waals surface area contributed by atoms with Crippen LogP contribution in [-0.2, 0) is 0 Å². The molecular weight excluding hydrogens is 256 g/mol. The molecule has 1 saturated carbocycles. The first-order valence-corrected chi connectivity index (χ1v) is 7.52. The Morgan fingerprint density at radius 1 is 1.37 bits per heavy atom. The Balaban J connectivity index is 1.85. The predicted octanol–water partition coefficient (Wildman–Crippen LogP) is 3.15. The zero-order valence-electron chi connectivity index (χ0n) is 10.9. The van der Waals surface area contributed by atoms with Crippen molar-refractivity contribution in [3.05, 3.63) is 24.4 Å². The van der Waals surface area contributed by atoms with Gasteiger partial charge in [-0.25, -0.2) is 0 Å². The minimum absolute atomic E-state index is 0.136. The Kier molecular flexibility index (Phi) is 3.43. The maximum Gasteiger partial charge on any atom is 0.195 e. The molecule has 3 unspecified atom stereocenters. The van der Waals surface area contributed by atoms with Crippen LogP contribution in [0.25, 0.3) is 5.65 Å². The first kappa shape index (κ1) is 12.5. The second-order valence-electron chi connectivity index (χ2n) is 5.22. The number of aromatic nitrogens is 3. The van der Waals surface area contributed by atoms with Crippen molar-refractivity contribution < 1.29 is 0 Å². The molecule has 0 bridgehead atoms. The van der Waals surface area contributed by atoms with Gasteiger partial charge in [0, 0.05) is 11.4 Å². The van der Waals surface area contributed by atoms with E-state index in [4.69, 9.17) is 0 Å². The fourth-order valence-electron chi connectivity index (χ4n) is 2.64. The maximum absolute atomic E-state index is 9.28. The second-order valence-corrected chi connectivity index (χ2v) is 6.43. The molecule has 0 aliphatic heterocycles. The summed E-state index contributed by atoms with van der Waals surface area (Å²) in [5.41, 5.74) is 0.863. The van der Waals surface area contributed by atoms with Crippen LogP contribution in [0.4, 0.5) is 0 Å². The van der Waals surface area contributed by atoms with Crippen LogP contribution in [0.5, 0.6) is 0 Å². The number of rotatable bonds is 2. The van der Waals surface area contributed by atoms with Crippen molar-refractivity contribution in [2.24, 2.45) is 11.8 Å². The van der Waals surface area contributed by atoms with Crippen LogP contribution in [-0.4, -0.2) is 19.8 Å². The fourth-order valence-corrected chi connectivity index (χ4v) is 4.05. The third kappa shape index (κ3) is 2.45. The first-order chi connectivity index (χ1) is 9.28. The number of nitrogens with zero attached hydrogens (tertiary/aromatic N) is 4. The lowest BCUT2D eigenvalue weighted by molar-refractivity contribution is 0.345. The number of hydrogen-bond acceptors (Lipinski definition) is 4. The van der Waals surface area contributed by atoms with E-state index in [1.165, 1.54) is 0 Å². The van der Waals surface area contributed by atoms with E-state index in [1.54, 1.807) is 11.8 Å². The van der Waals surface area contributed by atoms with E-state index in [1.807, 2.05) is 28.8 Å². The summed E-state index contributed by atoms with van der Waals surface area (Å²) in [6.07, 6.45) is 5.23. The summed E-state index contributed by atoms with van der Waals surface area (Å²) in [7, 11) is 0. The quantitative estimate of drug-likeness (QED) is 0.842. The predicted molar refractivity (Wildman–Crippen MR) is 74.8 cm³/mol. The van der Waals surface area contributed by atoms with Gasteiger partial charge in [0.1, 0.15) is 0 Å². The molecule has 1 aliphatic rings. The van der Waals surface area contributed by atoms with Crippen molar-refractivity contribution in [3.8, 4) is 6.07 Å². The zero-order chi connectivity index (χ0) is 13.2. The molecule has 19 heavy (non-hydrogen) atoms. The Morgan fingerprint density at radius 3 is 3.11 bits per heavy atom. The van der Waals surface area contributed by atoms with E-state index in [2.05, 4.69) is 23.2 Å². The number of thioether (sulfide) groups is 1. The van der Waals surface area contributed by atoms with Crippen LogP contribution >= 0.6 is 11.8 Å². The third-order valence-corrected chi connectivity index (χ3v) is 5.07. The number of hydrogen-bond donors (Lipinski definition) is 0. The lowest BCUT2D eigenvalue weighted by atomic mass is 9.83. The Labute approximate surface area is 116 Å². The van der Waals surface area contributed by atoms with E-state index in [0.29, 0.717) is 11.2 Å². The molecule has 3 rings (SSSR count). The summed E-state index contributed by atoms with van der Waals surface area (Å²) in [6.45, 7) is 2.27. The van der Waals surface area contributed by atoms with Gasteiger partial charge in [-0.2, -0.15) is 5.26 Å². The normalized spacial score (nSPS) is 27.3. The molecule has 4 nitrogen and oxygen atoms in total. The average molecular weight is 272 g/mol. The minimum atomic E-state index is 0.136. The standard InChI is InChI=1S/C14H16N4S/c1-10-5-6-11(9-15)12(8-10)19-14-17-16-13-4-2-3-7-18(13)14/h2-4,7,10-12H,5-6,8H2,1H3. The highest BCUT2D eigenvalue weighted by Crippen LogP contribution is 2.38. The van der Waals surface area contributed by atoms with Crippen LogP contribution in [0.2, 0.25) is 0 Å². The van der Waals surface area contributed by atoms with Crippen LogP contribution in [0.15, 0.2) is 29.6 Å². The molecule has 2 heterocycles. The SMILES string of the molecule is CC1CCC(C#N)C(Sc2nnc3ccccn23)C1. The van der Waals surface area contributed by atoms with Gasteiger partial charge < -0.3 is 0 Å². The third-order valence-electron chi connectivity index (χ3n) is 3.76. The van der Waals surface area contributed by atoms with Gasteiger partial charge in [0.05, 0.1) is 12.0 Å². The van der Waals surface area contributed by atoms with Crippen molar-refractivity contribution >= 4 is 17.4 Å². The van der Waals surface area contributed by atoms with Crippen molar-refractivity contribution in [1.29, 1.82) is 5.26 Å². The van der Waals surface area contributed by atoms with Crippen molar-refractivity contribution in [2.45, 2.75) is 36.6 Å². The summed E-state index contributed by atoms with van der Waals surface area (Å²) in [5, 5.41) is 18.9. The Bertz CT molecular complexity index is 615. The molecule has 1 fully saturated rings. The number of pyridine rings is 1. The van der Waals surface area contributed by atoms with Crippen molar-refractivity contribution in [2.75, 3.05) is 0 Å². The summed E-state index contributed by atoms with van der Waals surface area (Å²) in [5.74, 6) is 0.832. The van der Waals surface area contributed by atoms with Crippen molar-refractivity contribution in [3.63, 3.8) is 0 Å². The summed E-state index contributed by atoms with van der Waals surface area (Å²) < 4.78 is 2.00. The molecule has 0 saturated heterocycles. The molecule has 0 N–H and O–H groups in total. The minimum Gasteiger partial charge on any atom is -0.277 e. The van der Waals surface area contributed by atoms with Gasteiger partial charge in [-0.05, 0) is 37.3 Å². The molecule has 2 aromatic heterocycles. The van der Waals surface area contributed by atoms with Crippen LogP contribution in [0.3, 0.4) is 0 Å². The molecule has 98 valence electrons. The maximum atomic E-state index is 9.28. The van der Waals surface area contributed by atoms with Gasteiger partial charge in [0.2, 0.25) is 0 Å². The van der Waals surface area contributed by atoms with E-state index in [9.17, 15) is 5.26 Å². The highest BCUT2D eigenvalue weighted by atomic mass is 32.2. The lowest BCUT2D eigenvalue weighted by Gasteiger charge is -2.29. The smallest absolute Gasteiger partial charge is 0.195 e. The van der Waals surface area contributed by atoms with Crippen molar-refractivity contribution in [1.82, 2.24) is 14.6 Å². The van der Waals surface area contributed by atoms with E-state index < -0.39 is 0 Å². The van der Waals surface area contributed by atoms with Crippen LogP contribution in [0.1, 0.15) is 26.2 Å². The highest BCUT2D eigenvalue weighted by molar-refractivity contribution is 7.99. The molecule has 5 heteroatoms. The van der Waals surface area contributed by atoms with Crippen LogP contribution < -0.4 is 0 Å². The van der Waals surface area contributed by atoms with Gasteiger partial charge in [-0.15, -0.1) is 10.2 Å². The van der Waals surface area contributed by atoms with E-state index >= 15 is 0 Å². The molecule has 1 aliphatic carbocycles. The fraction of sp³-hybridized carbons (Fsp3) is 0.500. The largest absolute Gasteiger partial charge is 0.277 e. The Hall–Kier alpha value is -1.54. The zero-order valence-corrected chi connectivity index (χ0v) is 11.7. The molecule has 0 aromatic carbocycles. The second kappa shape index (κ2) is 5.22. The highest BCUT2D eigenvalue weighted by Gasteiger charge is 2.30. The molecular formula is C14H16N4S. The van der Waals surface area contributed by atoms with Gasteiger partial charge in [-0.1, -0.05) is 24.8 Å². The monoisotopic (exact) mass is 272 g/mol. The van der Waals surface area contributed by atoms with E-state index in [0.717, 1.165) is 30.1 Å². The molecule has 0 radical (unpaired) electrons. The van der Waals surface area contributed by atoms with Gasteiger partial charge in [0.25, 0.3) is 0 Å². The number of fused-ring (bicyclic) bond motifs is 1. The summed E-state index contributed by atoms with van der Waals surface area (Å²) >= 11 is 1.70. The number of nitriles is 1. The molecule has 2 aromatic rings. The van der Waals surface area contributed by atoms with Gasteiger partial charge in [0.15, 0.2) is 10.8 Å². The first-order valence-electron chi connectivity index (χ1n) is 6.64.